The van der Waals surface area contributed by atoms with Gasteiger partial charge in [0.15, 0.2) is 0 Å². The second-order valence-corrected chi connectivity index (χ2v) is 4.41. The maximum atomic E-state index is 12.7. The molecule has 2 N–H and O–H groups in total. The number of nitrogens with zero attached hydrogens (tertiary/aromatic N) is 1. The number of alkyl halides is 3. The molecule has 1 aliphatic rings. The Labute approximate surface area is 105 Å². The Morgan fingerprint density at radius 3 is 2.78 bits per heavy atom. The summed E-state index contributed by atoms with van der Waals surface area (Å²) in [7, 11) is 0. The third-order valence-corrected chi connectivity index (χ3v) is 2.94. The Kier molecular flexibility index (Phi) is 3.10. The van der Waals surface area contributed by atoms with E-state index in [2.05, 4.69) is 10.3 Å². The lowest BCUT2D eigenvalue weighted by Gasteiger charge is -2.32. The van der Waals surface area contributed by atoms with Gasteiger partial charge in [-0.15, -0.1) is 0 Å². The molecule has 4 nitrogen and oxygen atoms in total. The summed E-state index contributed by atoms with van der Waals surface area (Å²) in [4.78, 5) is 14.7. The number of rotatable bonds is 1. The van der Waals surface area contributed by atoms with Crippen molar-refractivity contribution in [2.45, 2.75) is 18.6 Å². The van der Waals surface area contributed by atoms with Crippen LogP contribution in [-0.4, -0.2) is 28.3 Å². The number of carboxylic acid groups (broad SMARTS) is 1. The monoisotopic (exact) mass is 280 g/mol. The van der Waals surface area contributed by atoms with E-state index in [1.807, 2.05) is 0 Å². The van der Waals surface area contributed by atoms with Gasteiger partial charge in [-0.2, -0.15) is 13.2 Å². The topological polar surface area (TPSA) is 62.2 Å². The van der Waals surface area contributed by atoms with Crippen LogP contribution in [0.1, 0.15) is 5.56 Å². The SMILES string of the molecule is O=C(O)[C@@H]1Cc2cc(Cl)cnc2N[C@@H]1C(F)(F)F. The summed E-state index contributed by atoms with van der Waals surface area (Å²) in [5.74, 6) is -3.06. The number of aromatic nitrogens is 1. The van der Waals surface area contributed by atoms with Crippen molar-refractivity contribution in [2.24, 2.45) is 5.92 Å². The van der Waals surface area contributed by atoms with Crippen LogP contribution >= 0.6 is 11.6 Å². The average Bonchev–Trinajstić information content (AvgIpc) is 2.25. The quantitative estimate of drug-likeness (QED) is 0.829. The fourth-order valence-corrected chi connectivity index (χ4v) is 2.09. The van der Waals surface area contributed by atoms with Crippen molar-refractivity contribution in [1.29, 1.82) is 0 Å². The van der Waals surface area contributed by atoms with Crippen LogP contribution in [0.4, 0.5) is 19.0 Å². The van der Waals surface area contributed by atoms with Crippen LogP contribution in [0.2, 0.25) is 5.02 Å². The second-order valence-electron chi connectivity index (χ2n) is 3.97. The Balaban J connectivity index is 2.40. The van der Waals surface area contributed by atoms with Gasteiger partial charge >= 0.3 is 12.1 Å². The standard InChI is InChI=1S/C10H8ClF3N2O2/c11-5-1-4-2-6(9(17)18)7(10(12,13)14)16-8(4)15-3-5/h1,3,6-7H,2H2,(H,15,16)(H,17,18)/t6-,7+/m1/s1. The molecule has 2 rings (SSSR count). The second kappa shape index (κ2) is 4.31. The van der Waals surface area contributed by atoms with E-state index in [9.17, 15) is 18.0 Å². The average molecular weight is 281 g/mol. The van der Waals surface area contributed by atoms with Crippen molar-refractivity contribution in [2.75, 3.05) is 5.32 Å². The van der Waals surface area contributed by atoms with Gasteiger partial charge in [0, 0.05) is 6.20 Å². The van der Waals surface area contributed by atoms with Crippen molar-refractivity contribution in [3.63, 3.8) is 0 Å². The molecular weight excluding hydrogens is 273 g/mol. The summed E-state index contributed by atoms with van der Waals surface area (Å²) < 4.78 is 38.2. The van der Waals surface area contributed by atoms with E-state index in [0.717, 1.165) is 0 Å². The molecule has 1 aromatic rings. The summed E-state index contributed by atoms with van der Waals surface area (Å²) in [6.07, 6.45) is -3.70. The molecule has 8 heteroatoms. The van der Waals surface area contributed by atoms with Crippen molar-refractivity contribution in [1.82, 2.24) is 4.98 Å². The molecule has 0 aliphatic carbocycles. The van der Waals surface area contributed by atoms with E-state index in [-0.39, 0.29) is 17.3 Å². The summed E-state index contributed by atoms with van der Waals surface area (Å²) >= 11 is 5.67. The third kappa shape index (κ3) is 2.35. The van der Waals surface area contributed by atoms with Gasteiger partial charge in [-0.05, 0) is 18.1 Å². The van der Waals surface area contributed by atoms with Gasteiger partial charge < -0.3 is 10.4 Å². The van der Waals surface area contributed by atoms with E-state index < -0.39 is 24.1 Å². The van der Waals surface area contributed by atoms with Crippen molar-refractivity contribution < 1.29 is 23.1 Å². The maximum Gasteiger partial charge on any atom is 0.409 e. The fraction of sp³-hybridized carbons (Fsp3) is 0.400. The van der Waals surface area contributed by atoms with E-state index in [4.69, 9.17) is 16.7 Å². The highest BCUT2D eigenvalue weighted by Crippen LogP contribution is 2.36. The molecule has 18 heavy (non-hydrogen) atoms. The van der Waals surface area contributed by atoms with E-state index in [1.165, 1.54) is 12.3 Å². The fourth-order valence-electron chi connectivity index (χ4n) is 1.91. The minimum atomic E-state index is -4.65. The van der Waals surface area contributed by atoms with E-state index in [0.29, 0.717) is 5.56 Å². The number of pyridine rings is 1. The Bertz CT molecular complexity index is 493. The predicted molar refractivity (Wildman–Crippen MR) is 57.5 cm³/mol. The molecular formula is C10H8ClF3N2O2. The Hall–Kier alpha value is -1.50. The number of nitrogens with one attached hydrogen (secondary N) is 1. The van der Waals surface area contributed by atoms with Crippen molar-refractivity contribution in [3.8, 4) is 0 Å². The first-order valence-electron chi connectivity index (χ1n) is 4.99. The van der Waals surface area contributed by atoms with Gasteiger partial charge in [0.25, 0.3) is 0 Å². The molecule has 0 bridgehead atoms. The molecule has 98 valence electrons. The molecule has 0 unspecified atom stereocenters. The summed E-state index contributed by atoms with van der Waals surface area (Å²) in [6.45, 7) is 0. The largest absolute Gasteiger partial charge is 0.481 e. The highest BCUT2D eigenvalue weighted by atomic mass is 35.5. The lowest BCUT2D eigenvalue weighted by atomic mass is 9.88. The van der Waals surface area contributed by atoms with Crippen LogP contribution in [0.3, 0.4) is 0 Å². The van der Waals surface area contributed by atoms with Gasteiger partial charge in [0.2, 0.25) is 0 Å². The smallest absolute Gasteiger partial charge is 0.409 e. The summed E-state index contributed by atoms with van der Waals surface area (Å²) in [6, 6.07) is -0.726. The van der Waals surface area contributed by atoms with Crippen molar-refractivity contribution >= 4 is 23.4 Å². The molecule has 0 aromatic carbocycles. The lowest BCUT2D eigenvalue weighted by molar-refractivity contribution is -0.169. The first-order chi connectivity index (χ1) is 8.29. The third-order valence-electron chi connectivity index (χ3n) is 2.74. The van der Waals surface area contributed by atoms with Crippen LogP contribution < -0.4 is 5.32 Å². The van der Waals surface area contributed by atoms with E-state index in [1.54, 1.807) is 0 Å². The number of carboxylic acids is 1. The number of aliphatic carboxylic acids is 1. The molecule has 1 aromatic heterocycles. The minimum Gasteiger partial charge on any atom is -0.481 e. The van der Waals surface area contributed by atoms with Gasteiger partial charge in [-0.1, -0.05) is 11.6 Å². The minimum absolute atomic E-state index is 0.0271. The van der Waals surface area contributed by atoms with Crippen LogP contribution in [0, 0.1) is 5.92 Å². The van der Waals surface area contributed by atoms with Gasteiger partial charge in [0.1, 0.15) is 11.9 Å². The van der Waals surface area contributed by atoms with Crippen LogP contribution in [0.5, 0.6) is 0 Å². The van der Waals surface area contributed by atoms with Crippen LogP contribution in [0.15, 0.2) is 12.3 Å². The predicted octanol–water partition coefficient (Wildman–Crippen LogP) is 2.33. The molecule has 0 fully saturated rings. The molecule has 1 aliphatic heterocycles. The number of carbonyl (C=O) groups is 1. The lowest BCUT2D eigenvalue weighted by Crippen LogP contribution is -2.49. The van der Waals surface area contributed by atoms with Crippen LogP contribution in [-0.2, 0) is 11.2 Å². The number of halogens is 4. The summed E-state index contributed by atoms with van der Waals surface area (Å²) in [5.41, 5.74) is 0.371. The van der Waals surface area contributed by atoms with Crippen LogP contribution in [0.25, 0.3) is 0 Å². The molecule has 2 atom stereocenters. The van der Waals surface area contributed by atoms with Crippen molar-refractivity contribution in [3.05, 3.63) is 22.8 Å². The molecule has 0 radical (unpaired) electrons. The number of hydrogen-bond acceptors (Lipinski definition) is 3. The zero-order chi connectivity index (χ0) is 13.5. The molecule has 0 amide bonds. The first-order valence-corrected chi connectivity index (χ1v) is 5.37. The zero-order valence-corrected chi connectivity index (χ0v) is 9.59. The molecule has 0 saturated heterocycles. The Morgan fingerprint density at radius 2 is 2.22 bits per heavy atom. The number of hydrogen-bond donors (Lipinski definition) is 2. The highest BCUT2D eigenvalue weighted by molar-refractivity contribution is 6.30. The Morgan fingerprint density at radius 1 is 1.56 bits per heavy atom. The highest BCUT2D eigenvalue weighted by Gasteiger charge is 2.50. The molecule has 0 spiro atoms. The summed E-state index contributed by atoms with van der Waals surface area (Å²) in [5, 5.41) is 11.2. The first kappa shape index (κ1) is 12.9. The van der Waals surface area contributed by atoms with Gasteiger partial charge in [-0.25, -0.2) is 4.98 Å². The maximum absolute atomic E-state index is 12.7. The zero-order valence-electron chi connectivity index (χ0n) is 8.83. The van der Waals surface area contributed by atoms with Gasteiger partial charge in [0.05, 0.1) is 10.9 Å². The number of anilines is 1. The normalized spacial score (nSPS) is 23.1. The van der Waals surface area contributed by atoms with E-state index >= 15 is 0 Å². The molecule has 2 heterocycles. The molecule has 0 saturated carbocycles. The van der Waals surface area contributed by atoms with Gasteiger partial charge in [-0.3, -0.25) is 4.79 Å². The number of fused-ring (bicyclic) bond motifs is 1.